The van der Waals surface area contributed by atoms with Crippen LogP contribution >= 0.6 is 0 Å². The number of hydrogen-bond acceptors (Lipinski definition) is 4. The van der Waals surface area contributed by atoms with Crippen molar-refractivity contribution in [1.82, 2.24) is 0 Å². The van der Waals surface area contributed by atoms with Crippen LogP contribution in [0.5, 0.6) is 0 Å². The summed E-state index contributed by atoms with van der Waals surface area (Å²) >= 11 is 0. The predicted molar refractivity (Wildman–Crippen MR) is 18.1 cm³/mol. The standard InChI is InChI=1S/Al.Co.Cu.NO3.H2O.Zn/c;;;2-1(3)4;;/h;;;;1H2;/q;2*+2;-1;;+2/p-1. The molecule has 0 aromatic rings. The Balaban J connectivity index is -0.00000000450. The molecule has 1 N–H and O–H groups in total. The fourth-order valence-corrected chi connectivity index (χ4v) is 0. The van der Waals surface area contributed by atoms with Gasteiger partial charge in [0.15, 0.2) is 0 Å². The predicted octanol–water partition coefficient (Wildman–Crippen LogP) is -0.804. The third-order valence-electron chi connectivity index (χ3n) is 0. The van der Waals surface area contributed by atoms with Gasteiger partial charge < -0.3 is 20.8 Å². The molecule has 0 atom stereocenters. The van der Waals surface area contributed by atoms with Crippen LogP contribution in [0.1, 0.15) is 0 Å². The van der Waals surface area contributed by atoms with Gasteiger partial charge in [-0.2, -0.15) is 0 Å². The number of nitrogens with zero attached hydrogens (tertiary/aromatic N) is 1. The first kappa shape index (κ1) is 47.9. The monoisotopic (exact) mass is 292 g/mol. The molecule has 0 aliphatic carbocycles. The molecule has 0 bridgehead atoms. The molecule has 0 aliphatic heterocycles. The molecule has 51 valence electrons. The van der Waals surface area contributed by atoms with Crippen molar-refractivity contribution in [3.63, 3.8) is 0 Å². The summed E-state index contributed by atoms with van der Waals surface area (Å²) < 4.78 is 0. The van der Waals surface area contributed by atoms with Crippen LogP contribution in [0.25, 0.3) is 0 Å². The molecular formula is HAlCoCuNO4Zn+4. The third-order valence-corrected chi connectivity index (χ3v) is 0. The second-order valence-electron chi connectivity index (χ2n) is 0.224. The van der Waals surface area contributed by atoms with Gasteiger partial charge in [-0.15, -0.1) is 0 Å². The molecule has 0 saturated carbocycles. The van der Waals surface area contributed by atoms with E-state index in [-0.39, 0.29) is 76.2 Å². The molecule has 0 aromatic heterocycles. The van der Waals surface area contributed by atoms with E-state index in [1.807, 2.05) is 0 Å². The van der Waals surface area contributed by atoms with Gasteiger partial charge in [0.1, 0.15) is 0 Å². The van der Waals surface area contributed by atoms with Gasteiger partial charge in [-0.1, -0.05) is 0 Å². The van der Waals surface area contributed by atoms with Crippen LogP contribution in [0.15, 0.2) is 0 Å². The molecule has 9 heavy (non-hydrogen) atoms. The van der Waals surface area contributed by atoms with E-state index in [1.165, 1.54) is 0 Å². The normalized spacial score (nSPS) is 2.67. The summed E-state index contributed by atoms with van der Waals surface area (Å²) in [5.41, 5.74) is 0. The molecule has 0 amide bonds. The molecule has 0 heterocycles. The van der Waals surface area contributed by atoms with Crippen molar-refractivity contribution < 1.29 is 63.9 Å². The first-order valence-corrected chi connectivity index (χ1v) is 0.548. The fraction of sp³-hybridized carbons (Fsp3) is 0. The second kappa shape index (κ2) is 34.5. The Kier molecular flexibility index (Phi) is 183. The van der Waals surface area contributed by atoms with Crippen LogP contribution in [-0.2, 0) is 53.3 Å². The summed E-state index contributed by atoms with van der Waals surface area (Å²) in [5.74, 6) is 0. The second-order valence-corrected chi connectivity index (χ2v) is 0.224. The van der Waals surface area contributed by atoms with Crippen LogP contribution in [0.4, 0.5) is 0 Å². The van der Waals surface area contributed by atoms with Crippen molar-refractivity contribution in [2.75, 3.05) is 0 Å². The van der Waals surface area contributed by atoms with Crippen LogP contribution in [0.3, 0.4) is 0 Å². The van der Waals surface area contributed by atoms with E-state index in [0.29, 0.717) is 0 Å². The van der Waals surface area contributed by atoms with E-state index in [9.17, 15) is 0 Å². The van der Waals surface area contributed by atoms with Crippen LogP contribution in [0, 0.1) is 15.3 Å². The smallest absolute Gasteiger partial charge is 0.870 e. The quantitative estimate of drug-likeness (QED) is 0.332. The van der Waals surface area contributed by atoms with Gasteiger partial charge in [-0.05, 0) is 0 Å². The molecular weight excluding hydrogens is 293 g/mol. The van der Waals surface area contributed by atoms with Crippen LogP contribution < -0.4 is 0 Å². The molecule has 0 aliphatic rings. The molecule has 9 heteroatoms. The molecule has 0 rings (SSSR count). The van der Waals surface area contributed by atoms with Gasteiger partial charge in [0, 0.05) is 17.4 Å². The van der Waals surface area contributed by atoms with Gasteiger partial charge in [-0.25, -0.2) is 0 Å². The summed E-state index contributed by atoms with van der Waals surface area (Å²) in [6, 6.07) is 0. The molecule has 0 spiro atoms. The Morgan fingerprint density at radius 3 is 1.22 bits per heavy atom. The third kappa shape index (κ3) is 280. The van der Waals surface area contributed by atoms with E-state index in [0.717, 1.165) is 0 Å². The number of hydrogen-bond donors (Lipinski definition) is 0. The molecule has 0 fully saturated rings. The molecule has 0 aromatic carbocycles. The maximum Gasteiger partial charge on any atom is 2.00 e. The summed E-state index contributed by atoms with van der Waals surface area (Å²) in [6.45, 7) is 0. The van der Waals surface area contributed by atoms with Crippen molar-refractivity contribution in [3.8, 4) is 0 Å². The molecule has 5 radical (unpaired) electrons. The van der Waals surface area contributed by atoms with E-state index >= 15 is 0 Å². The van der Waals surface area contributed by atoms with Gasteiger partial charge in [0.25, 0.3) is 0 Å². The summed E-state index contributed by atoms with van der Waals surface area (Å²) in [5, 5.41) is 14.8. The van der Waals surface area contributed by atoms with Gasteiger partial charge in [0.2, 0.25) is 0 Å². The average molecular weight is 294 g/mol. The average Bonchev–Trinajstić information content (AvgIpc) is 0.811. The van der Waals surface area contributed by atoms with Crippen molar-refractivity contribution >= 4 is 17.4 Å². The summed E-state index contributed by atoms with van der Waals surface area (Å²) in [4.78, 5) is 8.25. The van der Waals surface area contributed by atoms with Crippen molar-refractivity contribution in [1.29, 1.82) is 0 Å². The van der Waals surface area contributed by atoms with Crippen molar-refractivity contribution in [2.45, 2.75) is 0 Å². The fourth-order valence-electron chi connectivity index (χ4n) is 0. The largest absolute Gasteiger partial charge is 2.00 e. The van der Waals surface area contributed by atoms with Crippen molar-refractivity contribution in [2.24, 2.45) is 0 Å². The van der Waals surface area contributed by atoms with E-state index < -0.39 is 5.09 Å². The zero-order valence-corrected chi connectivity index (χ0v) is 10.1. The Hall–Kier alpha value is 1.34. The summed E-state index contributed by atoms with van der Waals surface area (Å²) in [7, 11) is 0. The SMILES string of the molecule is O=[N+]([O-])[O-].[Al].[Co+2].[Cu+2].[OH-].[Zn+2]. The van der Waals surface area contributed by atoms with Crippen LogP contribution in [-0.4, -0.2) is 27.9 Å². The topological polar surface area (TPSA) is 96.2 Å². The minimum atomic E-state index is -1.75. The van der Waals surface area contributed by atoms with Gasteiger partial charge >= 0.3 is 53.3 Å². The first-order valence-electron chi connectivity index (χ1n) is 0.548. The minimum Gasteiger partial charge on any atom is -0.870 e. The maximum atomic E-state index is 8.25. The van der Waals surface area contributed by atoms with E-state index in [2.05, 4.69) is 0 Å². The van der Waals surface area contributed by atoms with E-state index in [4.69, 9.17) is 15.3 Å². The molecule has 0 unspecified atom stereocenters. The Labute approximate surface area is 95.9 Å². The zero-order chi connectivity index (χ0) is 3.58. The van der Waals surface area contributed by atoms with Crippen molar-refractivity contribution in [3.05, 3.63) is 15.3 Å². The first-order chi connectivity index (χ1) is 1.73. The Morgan fingerprint density at radius 2 is 1.22 bits per heavy atom. The van der Waals surface area contributed by atoms with Gasteiger partial charge in [0.05, 0.1) is 5.09 Å². The maximum absolute atomic E-state index is 8.25. The van der Waals surface area contributed by atoms with Gasteiger partial charge in [-0.3, -0.25) is 0 Å². The Bertz CT molecular complexity index is 43.5. The zero-order valence-electron chi connectivity index (χ0n) is 4.04. The van der Waals surface area contributed by atoms with Crippen LogP contribution in [0.2, 0.25) is 0 Å². The molecule has 0 saturated heterocycles. The number of rotatable bonds is 0. The minimum absolute atomic E-state index is 0. The summed E-state index contributed by atoms with van der Waals surface area (Å²) in [6.07, 6.45) is 0. The molecule has 5 nitrogen and oxygen atoms in total. The van der Waals surface area contributed by atoms with E-state index in [1.54, 1.807) is 0 Å². The Morgan fingerprint density at radius 1 is 1.22 bits per heavy atom.